The average Bonchev–Trinajstić information content (AvgIpc) is 2.31. The molecule has 0 aliphatic heterocycles. The first-order valence-electron chi connectivity index (χ1n) is 7.20. The number of hydrogen-bond acceptors (Lipinski definition) is 3. The SMILES string of the molecule is CC(N(C)CCCCC(C)(C)C(N)=NO)C(C)(C)C. The Hall–Kier alpha value is -0.770. The topological polar surface area (TPSA) is 61.8 Å². The molecule has 4 heteroatoms. The second-order valence-corrected chi connectivity index (χ2v) is 7.35. The van der Waals surface area contributed by atoms with Crippen molar-refractivity contribution in [2.45, 2.75) is 66.8 Å². The van der Waals surface area contributed by atoms with Crippen LogP contribution in [0.2, 0.25) is 0 Å². The van der Waals surface area contributed by atoms with Gasteiger partial charge in [-0.25, -0.2) is 0 Å². The molecule has 0 aromatic heterocycles. The van der Waals surface area contributed by atoms with Crippen molar-refractivity contribution in [1.82, 2.24) is 4.90 Å². The maximum atomic E-state index is 8.73. The van der Waals surface area contributed by atoms with Gasteiger partial charge in [0.15, 0.2) is 0 Å². The highest BCUT2D eigenvalue weighted by Crippen LogP contribution is 2.25. The molecular formula is C15H33N3O. The number of oxime groups is 1. The Morgan fingerprint density at radius 1 is 1.21 bits per heavy atom. The van der Waals surface area contributed by atoms with E-state index in [0.29, 0.717) is 17.3 Å². The molecule has 0 fully saturated rings. The van der Waals surface area contributed by atoms with Gasteiger partial charge >= 0.3 is 0 Å². The summed E-state index contributed by atoms with van der Waals surface area (Å²) in [6.07, 6.45) is 3.17. The number of amidine groups is 1. The molecule has 0 rings (SSSR count). The monoisotopic (exact) mass is 271 g/mol. The lowest BCUT2D eigenvalue weighted by Crippen LogP contribution is -2.39. The fraction of sp³-hybridized carbons (Fsp3) is 0.933. The van der Waals surface area contributed by atoms with E-state index in [4.69, 9.17) is 10.9 Å². The van der Waals surface area contributed by atoms with Crippen molar-refractivity contribution in [3.05, 3.63) is 0 Å². The molecule has 1 unspecified atom stereocenters. The van der Waals surface area contributed by atoms with Crippen molar-refractivity contribution in [3.8, 4) is 0 Å². The second kappa shape index (κ2) is 7.13. The molecule has 0 aliphatic rings. The van der Waals surface area contributed by atoms with E-state index in [1.807, 2.05) is 13.8 Å². The molecule has 0 aliphatic carbocycles. The molecular weight excluding hydrogens is 238 g/mol. The van der Waals surface area contributed by atoms with E-state index in [0.717, 1.165) is 25.8 Å². The van der Waals surface area contributed by atoms with Gasteiger partial charge in [-0.15, -0.1) is 0 Å². The summed E-state index contributed by atoms with van der Waals surface area (Å²) in [5.41, 5.74) is 5.78. The standard InChI is InChI=1S/C15H33N3O/c1-12(14(2,3)4)18(7)11-9-8-10-15(5,6)13(16)17-19/h12,19H,8-11H2,1-7H3,(H2,16,17). The second-order valence-electron chi connectivity index (χ2n) is 7.35. The van der Waals surface area contributed by atoms with Gasteiger partial charge < -0.3 is 15.8 Å². The molecule has 0 saturated heterocycles. The summed E-state index contributed by atoms with van der Waals surface area (Å²) in [7, 11) is 2.19. The summed E-state index contributed by atoms with van der Waals surface area (Å²) < 4.78 is 0. The van der Waals surface area contributed by atoms with Gasteiger partial charge in [-0.2, -0.15) is 0 Å². The molecule has 0 spiro atoms. The maximum Gasteiger partial charge on any atom is 0.144 e. The van der Waals surface area contributed by atoms with Gasteiger partial charge in [0.2, 0.25) is 0 Å². The highest BCUT2D eigenvalue weighted by atomic mass is 16.4. The zero-order valence-electron chi connectivity index (χ0n) is 13.8. The normalized spacial score (nSPS) is 15.9. The van der Waals surface area contributed by atoms with Crippen LogP contribution in [0.5, 0.6) is 0 Å². The third-order valence-electron chi connectivity index (χ3n) is 4.28. The van der Waals surface area contributed by atoms with E-state index < -0.39 is 0 Å². The number of unbranched alkanes of at least 4 members (excludes halogenated alkanes) is 1. The fourth-order valence-electron chi connectivity index (χ4n) is 2.05. The molecule has 0 aromatic carbocycles. The lowest BCUT2D eigenvalue weighted by atomic mass is 9.85. The molecule has 114 valence electrons. The molecule has 0 saturated carbocycles. The molecule has 19 heavy (non-hydrogen) atoms. The quantitative estimate of drug-likeness (QED) is 0.245. The zero-order valence-corrected chi connectivity index (χ0v) is 13.8. The Balaban J connectivity index is 4.06. The van der Waals surface area contributed by atoms with Crippen molar-refractivity contribution in [2.24, 2.45) is 21.7 Å². The number of hydrogen-bond donors (Lipinski definition) is 2. The molecule has 3 N–H and O–H groups in total. The van der Waals surface area contributed by atoms with Gasteiger partial charge in [-0.1, -0.05) is 46.2 Å². The molecule has 0 heterocycles. The molecule has 0 bridgehead atoms. The Labute approximate surface area is 119 Å². The average molecular weight is 271 g/mol. The lowest BCUT2D eigenvalue weighted by molar-refractivity contribution is 0.138. The van der Waals surface area contributed by atoms with E-state index in [-0.39, 0.29) is 5.41 Å². The summed E-state index contributed by atoms with van der Waals surface area (Å²) in [5.74, 6) is 0.323. The Bertz CT molecular complexity index is 292. The number of nitrogens with zero attached hydrogens (tertiary/aromatic N) is 2. The molecule has 0 radical (unpaired) electrons. The van der Waals surface area contributed by atoms with Crippen molar-refractivity contribution >= 4 is 5.84 Å². The zero-order chi connectivity index (χ0) is 15.3. The largest absolute Gasteiger partial charge is 0.409 e. The van der Waals surface area contributed by atoms with E-state index >= 15 is 0 Å². The third kappa shape index (κ3) is 6.28. The molecule has 0 amide bonds. The van der Waals surface area contributed by atoms with Crippen molar-refractivity contribution in [3.63, 3.8) is 0 Å². The van der Waals surface area contributed by atoms with Crippen molar-refractivity contribution in [1.29, 1.82) is 0 Å². The van der Waals surface area contributed by atoms with Crippen LogP contribution >= 0.6 is 0 Å². The highest BCUT2D eigenvalue weighted by molar-refractivity contribution is 5.85. The lowest BCUT2D eigenvalue weighted by Gasteiger charge is -2.35. The summed E-state index contributed by atoms with van der Waals surface area (Å²) >= 11 is 0. The van der Waals surface area contributed by atoms with E-state index in [2.05, 4.69) is 44.8 Å². The van der Waals surface area contributed by atoms with E-state index in [9.17, 15) is 0 Å². The summed E-state index contributed by atoms with van der Waals surface area (Å²) in [6.45, 7) is 14.2. The first-order chi connectivity index (χ1) is 8.52. The minimum atomic E-state index is -0.219. The van der Waals surface area contributed by atoms with Gasteiger partial charge in [-0.3, -0.25) is 0 Å². The van der Waals surface area contributed by atoms with Gasteiger partial charge in [0, 0.05) is 11.5 Å². The van der Waals surface area contributed by atoms with E-state index in [1.165, 1.54) is 0 Å². The van der Waals surface area contributed by atoms with Crippen LogP contribution in [0, 0.1) is 10.8 Å². The van der Waals surface area contributed by atoms with Crippen LogP contribution < -0.4 is 5.73 Å². The Morgan fingerprint density at radius 2 is 1.74 bits per heavy atom. The number of rotatable bonds is 7. The minimum absolute atomic E-state index is 0.219. The van der Waals surface area contributed by atoms with Crippen LogP contribution in [0.1, 0.15) is 60.8 Å². The van der Waals surface area contributed by atoms with Gasteiger partial charge in [0.05, 0.1) is 0 Å². The summed E-state index contributed by atoms with van der Waals surface area (Å²) in [4.78, 5) is 2.41. The fourth-order valence-corrected chi connectivity index (χ4v) is 2.05. The molecule has 4 nitrogen and oxygen atoms in total. The van der Waals surface area contributed by atoms with Crippen LogP contribution in [-0.2, 0) is 0 Å². The minimum Gasteiger partial charge on any atom is -0.409 e. The van der Waals surface area contributed by atoms with Crippen LogP contribution in [0.25, 0.3) is 0 Å². The Kier molecular flexibility index (Phi) is 6.84. The van der Waals surface area contributed by atoms with E-state index in [1.54, 1.807) is 0 Å². The van der Waals surface area contributed by atoms with Crippen LogP contribution in [0.4, 0.5) is 0 Å². The van der Waals surface area contributed by atoms with Gasteiger partial charge in [0.1, 0.15) is 5.84 Å². The predicted octanol–water partition coefficient (Wildman–Crippen LogP) is 3.30. The number of nitrogens with two attached hydrogens (primary N) is 1. The van der Waals surface area contributed by atoms with Crippen molar-refractivity contribution in [2.75, 3.05) is 13.6 Å². The van der Waals surface area contributed by atoms with Crippen molar-refractivity contribution < 1.29 is 5.21 Å². The third-order valence-corrected chi connectivity index (χ3v) is 4.28. The highest BCUT2D eigenvalue weighted by Gasteiger charge is 2.25. The summed E-state index contributed by atoms with van der Waals surface area (Å²) in [6, 6.07) is 0.560. The molecule has 0 aromatic rings. The Morgan fingerprint density at radius 3 is 2.16 bits per heavy atom. The summed E-state index contributed by atoms with van der Waals surface area (Å²) in [5, 5.41) is 11.9. The maximum absolute atomic E-state index is 8.73. The van der Waals surface area contributed by atoms with Gasteiger partial charge in [0.25, 0.3) is 0 Å². The van der Waals surface area contributed by atoms with Crippen LogP contribution in [-0.4, -0.2) is 35.6 Å². The predicted molar refractivity (Wildman–Crippen MR) is 82.6 cm³/mol. The smallest absolute Gasteiger partial charge is 0.144 e. The molecule has 1 atom stereocenters. The first kappa shape index (κ1) is 18.2. The van der Waals surface area contributed by atoms with Crippen LogP contribution in [0.3, 0.4) is 0 Å². The first-order valence-corrected chi connectivity index (χ1v) is 7.20. The van der Waals surface area contributed by atoms with Gasteiger partial charge in [-0.05, 0) is 38.8 Å². The van der Waals surface area contributed by atoms with Crippen LogP contribution in [0.15, 0.2) is 5.16 Å².